The van der Waals surface area contributed by atoms with Gasteiger partial charge in [-0.2, -0.15) is 0 Å². The maximum Gasteiger partial charge on any atom is 0.315 e. The molecule has 3 N–H and O–H groups in total. The van der Waals surface area contributed by atoms with Crippen molar-refractivity contribution in [2.75, 3.05) is 35.0 Å². The average Bonchev–Trinajstić information content (AvgIpc) is 2.74. The lowest BCUT2D eigenvalue weighted by atomic mass is 10.1. The number of hydrogen-bond acceptors (Lipinski definition) is 6. The van der Waals surface area contributed by atoms with Crippen LogP contribution in [0.2, 0.25) is 0 Å². The van der Waals surface area contributed by atoms with Gasteiger partial charge in [0.1, 0.15) is 0 Å². The molecule has 0 saturated heterocycles. The highest BCUT2D eigenvalue weighted by molar-refractivity contribution is 5.73. The summed E-state index contributed by atoms with van der Waals surface area (Å²) in [4.78, 5) is 12.0. The number of aliphatic hydroxyl groups excluding tert-OH is 1. The maximum atomic E-state index is 12.0. The van der Waals surface area contributed by atoms with Crippen LogP contribution in [0, 0.1) is 0 Å². The molecule has 0 heterocycles. The Labute approximate surface area is 164 Å². The summed E-state index contributed by atoms with van der Waals surface area (Å²) in [6.07, 6.45) is -0.883. The quantitative estimate of drug-likeness (QED) is 0.608. The third-order valence-corrected chi connectivity index (χ3v) is 4.15. The van der Waals surface area contributed by atoms with E-state index in [-0.39, 0.29) is 6.54 Å². The summed E-state index contributed by atoms with van der Waals surface area (Å²) in [5, 5.41) is 15.7. The molecular weight excluding hydrogens is 364 g/mol. The number of benzene rings is 2. The first kappa shape index (κ1) is 21.2. The predicted octanol–water partition coefficient (Wildman–Crippen LogP) is 2.25. The fraction of sp³-hybridized carbons (Fsp3) is 0.350. The van der Waals surface area contributed by atoms with Crippen molar-refractivity contribution in [3.8, 4) is 23.0 Å². The lowest BCUT2D eigenvalue weighted by Crippen LogP contribution is -2.37. The number of aliphatic hydroxyl groups is 1. The highest BCUT2D eigenvalue weighted by Gasteiger charge is 2.13. The van der Waals surface area contributed by atoms with Gasteiger partial charge in [-0.3, -0.25) is 0 Å². The minimum atomic E-state index is -0.883. The minimum Gasteiger partial charge on any atom is -0.493 e. The van der Waals surface area contributed by atoms with Crippen LogP contribution in [0.15, 0.2) is 36.4 Å². The van der Waals surface area contributed by atoms with Crippen LogP contribution in [0.5, 0.6) is 23.0 Å². The van der Waals surface area contributed by atoms with Crippen molar-refractivity contribution in [3.63, 3.8) is 0 Å². The minimum absolute atomic E-state index is 0.0489. The molecule has 0 fully saturated rings. The fourth-order valence-corrected chi connectivity index (χ4v) is 2.60. The Morgan fingerprint density at radius 1 is 0.857 bits per heavy atom. The monoisotopic (exact) mass is 390 g/mol. The Bertz CT molecular complexity index is 796. The lowest BCUT2D eigenvalue weighted by molar-refractivity contribution is 0.172. The highest BCUT2D eigenvalue weighted by Crippen LogP contribution is 2.30. The van der Waals surface area contributed by atoms with Crippen LogP contribution in [0.3, 0.4) is 0 Å². The van der Waals surface area contributed by atoms with Crippen molar-refractivity contribution in [1.82, 2.24) is 10.6 Å². The lowest BCUT2D eigenvalue weighted by Gasteiger charge is -2.15. The molecule has 0 aliphatic rings. The summed E-state index contributed by atoms with van der Waals surface area (Å²) in [5.74, 6) is 2.29. The molecule has 28 heavy (non-hydrogen) atoms. The molecule has 1 atom stereocenters. The van der Waals surface area contributed by atoms with Crippen molar-refractivity contribution < 1.29 is 28.8 Å². The first-order valence-corrected chi connectivity index (χ1v) is 8.65. The zero-order chi connectivity index (χ0) is 20.5. The van der Waals surface area contributed by atoms with E-state index in [1.807, 2.05) is 6.07 Å². The van der Waals surface area contributed by atoms with Gasteiger partial charge in [-0.15, -0.1) is 0 Å². The molecule has 2 amide bonds. The summed E-state index contributed by atoms with van der Waals surface area (Å²) in [5.41, 5.74) is 1.46. The van der Waals surface area contributed by atoms with E-state index in [1.165, 1.54) is 14.2 Å². The number of ether oxygens (including phenoxy) is 4. The molecular formula is C20H26N2O6. The van der Waals surface area contributed by atoms with Crippen LogP contribution in [0.1, 0.15) is 17.2 Å². The van der Waals surface area contributed by atoms with Gasteiger partial charge in [0, 0.05) is 13.1 Å². The number of carbonyl (C=O) groups is 1. The van der Waals surface area contributed by atoms with Crippen molar-refractivity contribution >= 4 is 6.03 Å². The summed E-state index contributed by atoms with van der Waals surface area (Å²) < 4.78 is 20.8. The van der Waals surface area contributed by atoms with E-state index < -0.39 is 12.1 Å². The molecule has 8 nitrogen and oxygen atoms in total. The van der Waals surface area contributed by atoms with Crippen LogP contribution >= 0.6 is 0 Å². The van der Waals surface area contributed by atoms with E-state index in [0.29, 0.717) is 35.1 Å². The SMILES string of the molecule is COc1ccc(CNC(=O)NC[C@@H](O)c2ccc(OC)c(OC)c2)cc1OC. The van der Waals surface area contributed by atoms with E-state index >= 15 is 0 Å². The molecule has 8 heteroatoms. The van der Waals surface area contributed by atoms with E-state index in [2.05, 4.69) is 10.6 Å². The molecule has 0 aliphatic heterocycles. The van der Waals surface area contributed by atoms with Gasteiger partial charge in [0.25, 0.3) is 0 Å². The van der Waals surface area contributed by atoms with Crippen LogP contribution in [-0.4, -0.2) is 46.1 Å². The third-order valence-electron chi connectivity index (χ3n) is 4.15. The maximum absolute atomic E-state index is 12.0. The molecule has 0 aromatic heterocycles. The van der Waals surface area contributed by atoms with Crippen molar-refractivity contribution in [2.45, 2.75) is 12.6 Å². The number of methoxy groups -OCH3 is 4. The summed E-state index contributed by atoms with van der Waals surface area (Å²) in [6.45, 7) is 0.353. The van der Waals surface area contributed by atoms with E-state index in [1.54, 1.807) is 44.6 Å². The van der Waals surface area contributed by atoms with Gasteiger partial charge in [0.15, 0.2) is 23.0 Å². The molecule has 152 valence electrons. The Balaban J connectivity index is 1.87. The van der Waals surface area contributed by atoms with E-state index in [9.17, 15) is 9.90 Å². The zero-order valence-corrected chi connectivity index (χ0v) is 16.4. The van der Waals surface area contributed by atoms with Crippen LogP contribution < -0.4 is 29.6 Å². The number of carbonyl (C=O) groups excluding carboxylic acids is 1. The van der Waals surface area contributed by atoms with E-state index in [4.69, 9.17) is 18.9 Å². The van der Waals surface area contributed by atoms with Gasteiger partial charge in [-0.05, 0) is 35.4 Å². The molecule has 0 aliphatic carbocycles. The molecule has 2 aromatic rings. The van der Waals surface area contributed by atoms with Gasteiger partial charge in [0.2, 0.25) is 0 Å². The fourth-order valence-electron chi connectivity index (χ4n) is 2.60. The van der Waals surface area contributed by atoms with Gasteiger partial charge in [-0.1, -0.05) is 12.1 Å². The number of amides is 2. The molecule has 0 spiro atoms. The standard InChI is InChI=1S/C20H26N2O6/c1-25-16-7-5-13(9-18(16)27-3)11-21-20(24)22-12-15(23)14-6-8-17(26-2)19(10-14)28-4/h5-10,15,23H,11-12H2,1-4H3,(H2,21,22,24)/t15-/m1/s1. The first-order chi connectivity index (χ1) is 13.5. The second-order valence-electron chi connectivity index (χ2n) is 5.88. The molecule has 0 saturated carbocycles. The van der Waals surface area contributed by atoms with Crippen LogP contribution in [-0.2, 0) is 6.54 Å². The van der Waals surface area contributed by atoms with Gasteiger partial charge >= 0.3 is 6.03 Å². The molecule has 2 rings (SSSR count). The topological polar surface area (TPSA) is 98.3 Å². The van der Waals surface area contributed by atoms with Crippen molar-refractivity contribution in [3.05, 3.63) is 47.5 Å². The Kier molecular flexibility index (Phi) is 7.76. The normalized spacial score (nSPS) is 11.3. The number of rotatable bonds is 9. The highest BCUT2D eigenvalue weighted by atomic mass is 16.5. The Morgan fingerprint density at radius 3 is 2.04 bits per heavy atom. The first-order valence-electron chi connectivity index (χ1n) is 8.65. The number of hydrogen-bond donors (Lipinski definition) is 3. The third kappa shape index (κ3) is 5.43. The van der Waals surface area contributed by atoms with Crippen LogP contribution in [0.4, 0.5) is 4.79 Å². The summed E-state index contributed by atoms with van der Waals surface area (Å²) in [7, 11) is 6.18. The molecule has 0 bridgehead atoms. The van der Waals surface area contributed by atoms with Crippen molar-refractivity contribution in [1.29, 1.82) is 0 Å². The predicted molar refractivity (Wildman–Crippen MR) is 104 cm³/mol. The Morgan fingerprint density at radius 2 is 1.43 bits per heavy atom. The Hall–Kier alpha value is -3.13. The van der Waals surface area contributed by atoms with Gasteiger partial charge < -0.3 is 34.7 Å². The second kappa shape index (κ2) is 10.3. The zero-order valence-electron chi connectivity index (χ0n) is 16.4. The molecule has 0 unspecified atom stereocenters. The summed E-state index contributed by atoms with van der Waals surface area (Å²) in [6, 6.07) is 10.1. The second-order valence-corrected chi connectivity index (χ2v) is 5.88. The van der Waals surface area contributed by atoms with Gasteiger partial charge in [-0.25, -0.2) is 4.79 Å². The van der Waals surface area contributed by atoms with Gasteiger partial charge in [0.05, 0.1) is 34.5 Å². The smallest absolute Gasteiger partial charge is 0.315 e. The molecule has 0 radical (unpaired) electrons. The van der Waals surface area contributed by atoms with E-state index in [0.717, 1.165) is 5.56 Å². The average molecular weight is 390 g/mol. The van der Waals surface area contributed by atoms with Crippen LogP contribution in [0.25, 0.3) is 0 Å². The largest absolute Gasteiger partial charge is 0.493 e. The number of nitrogens with one attached hydrogen (secondary N) is 2. The number of urea groups is 1. The molecule has 2 aromatic carbocycles. The van der Waals surface area contributed by atoms with Crippen molar-refractivity contribution in [2.24, 2.45) is 0 Å². The summed E-state index contributed by atoms with van der Waals surface area (Å²) >= 11 is 0.